The molecule has 0 fully saturated rings. The quantitative estimate of drug-likeness (QED) is 0.686. The lowest BCUT2D eigenvalue weighted by Crippen LogP contribution is -2.31. The highest BCUT2D eigenvalue weighted by Crippen LogP contribution is 2.11. The molecule has 0 bridgehead atoms. The Morgan fingerprint density at radius 3 is 2.94 bits per heavy atom. The van der Waals surface area contributed by atoms with E-state index >= 15 is 0 Å². The number of carbonyl (C=O) groups is 1. The molecule has 0 saturated carbocycles. The molecular weight excluding hydrogens is 206 g/mol. The summed E-state index contributed by atoms with van der Waals surface area (Å²) in [6.45, 7) is 4.66. The zero-order valence-corrected chi connectivity index (χ0v) is 9.73. The van der Waals surface area contributed by atoms with E-state index in [1.165, 1.54) is 0 Å². The lowest BCUT2D eigenvalue weighted by Gasteiger charge is -2.09. The summed E-state index contributed by atoms with van der Waals surface area (Å²) in [7, 11) is 0. The lowest BCUT2D eigenvalue weighted by molar-refractivity contribution is 0.0914. The van der Waals surface area contributed by atoms with E-state index < -0.39 is 6.10 Å². The first-order chi connectivity index (χ1) is 7.54. The zero-order chi connectivity index (χ0) is 12.1. The molecule has 0 saturated heterocycles. The normalized spacial score (nSPS) is 12.4. The van der Waals surface area contributed by atoms with Crippen LogP contribution in [0.15, 0.2) is 12.3 Å². The van der Waals surface area contributed by atoms with Crippen LogP contribution in [0.3, 0.4) is 0 Å². The van der Waals surface area contributed by atoms with Gasteiger partial charge in [-0.05, 0) is 19.4 Å². The molecule has 0 unspecified atom stereocenters. The van der Waals surface area contributed by atoms with Crippen LogP contribution in [0.4, 0.5) is 5.69 Å². The van der Waals surface area contributed by atoms with E-state index in [0.717, 1.165) is 13.0 Å². The summed E-state index contributed by atoms with van der Waals surface area (Å²) in [5.74, 6) is -0.203. The summed E-state index contributed by atoms with van der Waals surface area (Å²) >= 11 is 0. The topological polar surface area (TPSA) is 80.3 Å². The molecule has 1 aromatic heterocycles. The molecule has 0 spiro atoms. The molecule has 16 heavy (non-hydrogen) atoms. The number of nitrogens with one attached hydrogen (secondary N) is 1. The highest BCUT2D eigenvalue weighted by atomic mass is 16.3. The fraction of sp³-hybridized carbons (Fsp3) is 0.545. The molecular formula is C11H19N3O2. The predicted octanol–water partition coefficient (Wildman–Crippen LogP) is 0.591. The maximum Gasteiger partial charge on any atom is 0.268 e. The molecule has 4 N–H and O–H groups in total. The van der Waals surface area contributed by atoms with Crippen molar-refractivity contribution in [2.24, 2.45) is 0 Å². The largest absolute Gasteiger partial charge is 0.397 e. The van der Waals surface area contributed by atoms with Gasteiger partial charge in [0.25, 0.3) is 5.91 Å². The smallest absolute Gasteiger partial charge is 0.268 e. The number of aliphatic hydroxyl groups excluding tert-OH is 1. The number of carbonyl (C=O) groups excluding carboxylic acids is 1. The van der Waals surface area contributed by atoms with Gasteiger partial charge in [-0.1, -0.05) is 6.92 Å². The van der Waals surface area contributed by atoms with Gasteiger partial charge in [0.2, 0.25) is 0 Å². The highest BCUT2D eigenvalue weighted by molar-refractivity contribution is 5.93. The number of nitrogen functional groups attached to an aromatic ring is 1. The number of nitrogens with zero attached hydrogens (tertiary/aromatic N) is 1. The van der Waals surface area contributed by atoms with E-state index in [9.17, 15) is 4.79 Å². The van der Waals surface area contributed by atoms with E-state index in [2.05, 4.69) is 5.32 Å². The van der Waals surface area contributed by atoms with Gasteiger partial charge in [-0.3, -0.25) is 4.79 Å². The van der Waals surface area contributed by atoms with E-state index in [4.69, 9.17) is 10.8 Å². The van der Waals surface area contributed by atoms with Crippen LogP contribution in [0, 0.1) is 0 Å². The Morgan fingerprint density at radius 1 is 1.69 bits per heavy atom. The number of hydrogen-bond acceptors (Lipinski definition) is 3. The van der Waals surface area contributed by atoms with Gasteiger partial charge in [0.1, 0.15) is 5.69 Å². The minimum Gasteiger partial charge on any atom is -0.397 e. The van der Waals surface area contributed by atoms with Crippen LogP contribution in [-0.2, 0) is 6.54 Å². The molecule has 1 amide bonds. The van der Waals surface area contributed by atoms with Crippen molar-refractivity contribution in [2.45, 2.75) is 32.9 Å². The minimum atomic E-state index is -0.545. The van der Waals surface area contributed by atoms with E-state index in [0.29, 0.717) is 11.4 Å². The van der Waals surface area contributed by atoms with Crippen LogP contribution in [0.5, 0.6) is 0 Å². The molecule has 5 heteroatoms. The van der Waals surface area contributed by atoms with Gasteiger partial charge in [0.15, 0.2) is 0 Å². The number of rotatable bonds is 5. The Balaban J connectivity index is 2.73. The van der Waals surface area contributed by atoms with Crippen molar-refractivity contribution in [3.05, 3.63) is 18.0 Å². The number of anilines is 1. The van der Waals surface area contributed by atoms with Crippen LogP contribution in [0.25, 0.3) is 0 Å². The van der Waals surface area contributed by atoms with Gasteiger partial charge in [0, 0.05) is 19.3 Å². The summed E-state index contributed by atoms with van der Waals surface area (Å²) in [6, 6.07) is 1.65. The maximum atomic E-state index is 11.8. The summed E-state index contributed by atoms with van der Waals surface area (Å²) in [4.78, 5) is 11.8. The minimum absolute atomic E-state index is 0.203. The third-order valence-corrected chi connectivity index (χ3v) is 2.17. The summed E-state index contributed by atoms with van der Waals surface area (Å²) in [5, 5.41) is 11.7. The second-order valence-corrected chi connectivity index (χ2v) is 3.91. The number of hydrogen-bond donors (Lipinski definition) is 3. The molecule has 90 valence electrons. The molecule has 0 aromatic carbocycles. The van der Waals surface area contributed by atoms with E-state index in [1.807, 2.05) is 11.5 Å². The van der Waals surface area contributed by atoms with Crippen LogP contribution in [0.2, 0.25) is 0 Å². The van der Waals surface area contributed by atoms with Gasteiger partial charge in [-0.25, -0.2) is 0 Å². The zero-order valence-electron chi connectivity index (χ0n) is 9.73. The number of aromatic nitrogens is 1. The molecule has 0 aliphatic rings. The third-order valence-electron chi connectivity index (χ3n) is 2.17. The molecule has 0 aliphatic heterocycles. The second-order valence-electron chi connectivity index (χ2n) is 3.91. The lowest BCUT2D eigenvalue weighted by atomic mass is 10.3. The average Bonchev–Trinajstić information content (AvgIpc) is 2.56. The van der Waals surface area contributed by atoms with Crippen molar-refractivity contribution in [3.8, 4) is 0 Å². The molecule has 1 rings (SSSR count). The van der Waals surface area contributed by atoms with Crippen LogP contribution >= 0.6 is 0 Å². The van der Waals surface area contributed by atoms with Gasteiger partial charge in [-0.15, -0.1) is 0 Å². The van der Waals surface area contributed by atoms with Crippen LogP contribution < -0.4 is 11.1 Å². The summed E-state index contributed by atoms with van der Waals surface area (Å²) in [5.41, 5.74) is 6.77. The average molecular weight is 225 g/mol. The van der Waals surface area contributed by atoms with Crippen molar-refractivity contribution in [1.82, 2.24) is 9.88 Å². The van der Waals surface area contributed by atoms with Crippen molar-refractivity contribution >= 4 is 11.6 Å². The predicted molar refractivity (Wildman–Crippen MR) is 63.1 cm³/mol. The van der Waals surface area contributed by atoms with Gasteiger partial charge >= 0.3 is 0 Å². The Hall–Kier alpha value is -1.49. The van der Waals surface area contributed by atoms with Crippen LogP contribution in [-0.4, -0.2) is 28.2 Å². The Bertz CT molecular complexity index is 358. The first kappa shape index (κ1) is 12.6. The monoisotopic (exact) mass is 225 g/mol. The molecule has 1 atom stereocenters. The van der Waals surface area contributed by atoms with Crippen molar-refractivity contribution in [2.75, 3.05) is 12.3 Å². The molecule has 1 heterocycles. The number of nitrogens with two attached hydrogens (primary N) is 1. The fourth-order valence-corrected chi connectivity index (χ4v) is 1.48. The molecule has 1 aromatic rings. The van der Waals surface area contributed by atoms with E-state index in [1.54, 1.807) is 19.2 Å². The van der Waals surface area contributed by atoms with Gasteiger partial charge < -0.3 is 20.7 Å². The summed E-state index contributed by atoms with van der Waals surface area (Å²) < 4.78 is 1.83. The third kappa shape index (κ3) is 3.27. The summed E-state index contributed by atoms with van der Waals surface area (Å²) in [6.07, 6.45) is 2.14. The standard InChI is InChI=1S/C11H19N3O2/c1-3-4-14-7-9(12)5-10(14)11(16)13-6-8(2)15/h5,7-8,15H,3-4,6,12H2,1-2H3,(H,13,16)/t8-/m0/s1. The van der Waals surface area contributed by atoms with Crippen LogP contribution in [0.1, 0.15) is 30.8 Å². The van der Waals surface area contributed by atoms with Gasteiger partial charge in [-0.2, -0.15) is 0 Å². The number of amides is 1. The first-order valence-electron chi connectivity index (χ1n) is 5.46. The Labute approximate surface area is 95.3 Å². The fourth-order valence-electron chi connectivity index (χ4n) is 1.48. The Morgan fingerprint density at radius 2 is 2.38 bits per heavy atom. The first-order valence-corrected chi connectivity index (χ1v) is 5.46. The molecule has 5 nitrogen and oxygen atoms in total. The SMILES string of the molecule is CCCn1cc(N)cc1C(=O)NC[C@H](C)O. The highest BCUT2D eigenvalue weighted by Gasteiger charge is 2.12. The number of aryl methyl sites for hydroxylation is 1. The van der Waals surface area contributed by atoms with Crippen molar-refractivity contribution in [3.63, 3.8) is 0 Å². The van der Waals surface area contributed by atoms with Gasteiger partial charge in [0.05, 0.1) is 11.8 Å². The van der Waals surface area contributed by atoms with Crippen molar-refractivity contribution < 1.29 is 9.90 Å². The molecule has 0 radical (unpaired) electrons. The van der Waals surface area contributed by atoms with E-state index in [-0.39, 0.29) is 12.5 Å². The number of aliphatic hydroxyl groups is 1. The molecule has 0 aliphatic carbocycles. The maximum absolute atomic E-state index is 11.8. The second kappa shape index (κ2) is 5.55. The van der Waals surface area contributed by atoms with Crippen molar-refractivity contribution in [1.29, 1.82) is 0 Å². The Kier molecular flexibility index (Phi) is 4.37.